The van der Waals surface area contributed by atoms with Crippen LogP contribution in [0.15, 0.2) is 60.8 Å². The Morgan fingerprint density at radius 3 is 2.86 bits per heavy atom. The zero-order valence-electron chi connectivity index (χ0n) is 16.8. The van der Waals surface area contributed by atoms with Crippen molar-refractivity contribution in [1.29, 1.82) is 0 Å². The molecule has 1 fully saturated rings. The normalized spacial score (nSPS) is 17.5. The topological polar surface area (TPSA) is 57.8 Å². The minimum absolute atomic E-state index is 0.457. The summed E-state index contributed by atoms with van der Waals surface area (Å²) < 4.78 is 2.21. The third-order valence-electron chi connectivity index (χ3n) is 5.81. The SMILES string of the molecule is Cc1nc2ccccn2c1CCN1CCCC1c1ccc(C/C=C/C(=O)O)cc1. The molecule has 1 atom stereocenters. The van der Waals surface area contributed by atoms with Crippen molar-refractivity contribution in [3.05, 3.63) is 83.3 Å². The van der Waals surface area contributed by atoms with Crippen molar-refractivity contribution in [3.63, 3.8) is 0 Å². The van der Waals surface area contributed by atoms with Gasteiger partial charge in [0, 0.05) is 37.0 Å². The van der Waals surface area contributed by atoms with Gasteiger partial charge in [0.05, 0.1) is 5.69 Å². The number of hydrogen-bond donors (Lipinski definition) is 1. The van der Waals surface area contributed by atoms with Crippen LogP contribution in [0.4, 0.5) is 0 Å². The van der Waals surface area contributed by atoms with Crippen molar-refractivity contribution < 1.29 is 9.90 Å². The lowest BCUT2D eigenvalue weighted by molar-refractivity contribution is -0.131. The summed E-state index contributed by atoms with van der Waals surface area (Å²) in [6.45, 7) is 4.25. The Kier molecular flexibility index (Phi) is 5.76. The molecule has 1 aliphatic heterocycles. The molecule has 0 amide bonds. The Morgan fingerprint density at radius 1 is 1.24 bits per heavy atom. The summed E-state index contributed by atoms with van der Waals surface area (Å²) in [6, 6.07) is 15.2. The van der Waals surface area contributed by atoms with Crippen molar-refractivity contribution in [3.8, 4) is 0 Å². The summed E-state index contributed by atoms with van der Waals surface area (Å²) >= 11 is 0. The number of allylic oxidation sites excluding steroid dienone is 1. The Morgan fingerprint density at radius 2 is 2.07 bits per heavy atom. The zero-order chi connectivity index (χ0) is 20.2. The van der Waals surface area contributed by atoms with Crippen LogP contribution in [-0.2, 0) is 17.6 Å². The molecule has 0 bridgehead atoms. The number of carboxylic acids is 1. The monoisotopic (exact) mass is 389 g/mol. The number of hydrogen-bond acceptors (Lipinski definition) is 3. The van der Waals surface area contributed by atoms with E-state index in [0.29, 0.717) is 12.5 Å². The molecule has 1 aliphatic rings. The summed E-state index contributed by atoms with van der Waals surface area (Å²) in [6.07, 6.45) is 9.04. The smallest absolute Gasteiger partial charge is 0.327 e. The fourth-order valence-corrected chi connectivity index (χ4v) is 4.36. The molecule has 4 rings (SSSR count). The van der Waals surface area contributed by atoms with Crippen LogP contribution in [0, 0.1) is 6.92 Å². The molecule has 29 heavy (non-hydrogen) atoms. The number of aryl methyl sites for hydroxylation is 1. The molecule has 1 N–H and O–H groups in total. The second kappa shape index (κ2) is 8.62. The number of aliphatic carboxylic acids is 1. The molecule has 3 aromatic rings. The first-order valence-electron chi connectivity index (χ1n) is 10.3. The van der Waals surface area contributed by atoms with Crippen LogP contribution in [0.25, 0.3) is 5.65 Å². The molecule has 0 spiro atoms. The first-order chi connectivity index (χ1) is 14.1. The van der Waals surface area contributed by atoms with Gasteiger partial charge in [0.1, 0.15) is 5.65 Å². The van der Waals surface area contributed by atoms with Gasteiger partial charge in [0.15, 0.2) is 0 Å². The minimum atomic E-state index is -0.899. The highest BCUT2D eigenvalue weighted by Gasteiger charge is 2.26. The molecular formula is C24H27N3O2. The van der Waals surface area contributed by atoms with Gasteiger partial charge in [-0.25, -0.2) is 9.78 Å². The van der Waals surface area contributed by atoms with Crippen LogP contribution in [0.1, 0.15) is 41.4 Å². The molecule has 5 nitrogen and oxygen atoms in total. The lowest BCUT2D eigenvalue weighted by Gasteiger charge is -2.25. The summed E-state index contributed by atoms with van der Waals surface area (Å²) in [7, 11) is 0. The standard InChI is InChI=1S/C24H27N3O2/c1-18-21(27-16-3-2-8-23(27)25-18)14-17-26-15-5-7-22(26)20-12-10-19(11-13-20)6-4-9-24(28)29/h2-4,8-13,16,22H,5-7,14-15,17H2,1H3,(H,28,29)/b9-4+. The predicted octanol–water partition coefficient (Wildman–Crippen LogP) is 4.21. The number of likely N-dealkylation sites (tertiary alicyclic amines) is 1. The summed E-state index contributed by atoms with van der Waals surface area (Å²) in [5, 5.41) is 8.71. The molecule has 0 radical (unpaired) electrons. The number of imidazole rings is 1. The average molecular weight is 389 g/mol. The number of benzene rings is 1. The van der Waals surface area contributed by atoms with E-state index in [1.54, 1.807) is 6.08 Å². The van der Waals surface area contributed by atoms with Crippen molar-refractivity contribution >= 4 is 11.6 Å². The summed E-state index contributed by atoms with van der Waals surface area (Å²) in [5.41, 5.74) is 5.92. The summed E-state index contributed by atoms with van der Waals surface area (Å²) in [4.78, 5) is 17.9. The number of carboxylic acid groups (broad SMARTS) is 1. The molecule has 1 unspecified atom stereocenters. The third-order valence-corrected chi connectivity index (χ3v) is 5.81. The number of rotatable bonds is 7. The largest absolute Gasteiger partial charge is 0.478 e. The van der Waals surface area contributed by atoms with Gasteiger partial charge in [-0.2, -0.15) is 0 Å². The number of pyridine rings is 1. The van der Waals surface area contributed by atoms with E-state index in [0.717, 1.165) is 36.4 Å². The molecule has 1 saturated heterocycles. The van der Waals surface area contributed by atoms with Crippen molar-refractivity contribution in [1.82, 2.24) is 14.3 Å². The highest BCUT2D eigenvalue weighted by molar-refractivity contribution is 5.79. The lowest BCUT2D eigenvalue weighted by Crippen LogP contribution is -2.26. The second-order valence-corrected chi connectivity index (χ2v) is 7.70. The van der Waals surface area contributed by atoms with Crippen LogP contribution in [0.5, 0.6) is 0 Å². The molecule has 0 saturated carbocycles. The molecule has 5 heteroatoms. The quantitative estimate of drug-likeness (QED) is 0.615. The number of aromatic nitrogens is 2. The highest BCUT2D eigenvalue weighted by atomic mass is 16.4. The van der Waals surface area contributed by atoms with Gasteiger partial charge in [0.25, 0.3) is 0 Å². The van der Waals surface area contributed by atoms with Gasteiger partial charge < -0.3 is 9.51 Å². The molecule has 0 aliphatic carbocycles. The molecular weight excluding hydrogens is 362 g/mol. The van der Waals surface area contributed by atoms with E-state index < -0.39 is 5.97 Å². The van der Waals surface area contributed by atoms with E-state index in [-0.39, 0.29) is 0 Å². The van der Waals surface area contributed by atoms with E-state index in [4.69, 9.17) is 5.11 Å². The van der Waals surface area contributed by atoms with Crippen molar-refractivity contribution in [2.45, 2.75) is 38.6 Å². The van der Waals surface area contributed by atoms with Crippen LogP contribution < -0.4 is 0 Å². The summed E-state index contributed by atoms with van der Waals surface area (Å²) in [5.74, 6) is -0.899. The zero-order valence-corrected chi connectivity index (χ0v) is 16.8. The van der Waals surface area contributed by atoms with E-state index in [1.165, 1.54) is 30.2 Å². The molecule has 2 aromatic heterocycles. The fraction of sp³-hybridized carbons (Fsp3) is 0.333. The van der Waals surface area contributed by atoms with Gasteiger partial charge in [0.2, 0.25) is 0 Å². The Labute approximate surface area is 171 Å². The van der Waals surface area contributed by atoms with Gasteiger partial charge >= 0.3 is 5.97 Å². The van der Waals surface area contributed by atoms with E-state index >= 15 is 0 Å². The van der Waals surface area contributed by atoms with Gasteiger partial charge in [-0.15, -0.1) is 0 Å². The van der Waals surface area contributed by atoms with E-state index in [2.05, 4.69) is 63.8 Å². The average Bonchev–Trinajstić information content (AvgIpc) is 3.30. The maximum Gasteiger partial charge on any atom is 0.327 e. The molecule has 150 valence electrons. The van der Waals surface area contributed by atoms with Crippen LogP contribution in [-0.4, -0.2) is 38.4 Å². The van der Waals surface area contributed by atoms with Crippen LogP contribution in [0.3, 0.4) is 0 Å². The first-order valence-corrected chi connectivity index (χ1v) is 10.3. The first kappa shape index (κ1) is 19.4. The number of nitrogens with zero attached hydrogens (tertiary/aromatic N) is 3. The fourth-order valence-electron chi connectivity index (χ4n) is 4.36. The maximum absolute atomic E-state index is 10.6. The van der Waals surface area contributed by atoms with Gasteiger partial charge in [-0.3, -0.25) is 4.90 Å². The lowest BCUT2D eigenvalue weighted by atomic mass is 10.0. The van der Waals surface area contributed by atoms with Crippen LogP contribution in [0.2, 0.25) is 0 Å². The van der Waals surface area contributed by atoms with Crippen LogP contribution >= 0.6 is 0 Å². The van der Waals surface area contributed by atoms with Crippen molar-refractivity contribution in [2.24, 2.45) is 0 Å². The van der Waals surface area contributed by atoms with E-state index in [9.17, 15) is 4.79 Å². The second-order valence-electron chi connectivity index (χ2n) is 7.70. The van der Waals surface area contributed by atoms with Gasteiger partial charge in [-0.1, -0.05) is 36.4 Å². The molecule has 1 aromatic carbocycles. The maximum atomic E-state index is 10.6. The van der Waals surface area contributed by atoms with E-state index in [1.807, 2.05) is 6.07 Å². The van der Waals surface area contributed by atoms with Gasteiger partial charge in [-0.05, 0) is 56.0 Å². The minimum Gasteiger partial charge on any atom is -0.478 e. The van der Waals surface area contributed by atoms with Crippen molar-refractivity contribution in [2.75, 3.05) is 13.1 Å². The molecule has 3 heterocycles. The number of carbonyl (C=O) groups is 1. The Hall–Kier alpha value is -2.92. The third kappa shape index (κ3) is 4.40. The highest BCUT2D eigenvalue weighted by Crippen LogP contribution is 2.32. The predicted molar refractivity (Wildman–Crippen MR) is 114 cm³/mol. The Bertz CT molecular complexity index is 1020. The number of fused-ring (bicyclic) bond motifs is 1. The Balaban J connectivity index is 1.42.